The van der Waals surface area contributed by atoms with Crippen LogP contribution in [0.4, 0.5) is 10.1 Å². The number of halogens is 1. The number of benzene rings is 2. The first-order valence-electron chi connectivity index (χ1n) is 8.05. The Hall–Kier alpha value is -2.47. The van der Waals surface area contributed by atoms with Crippen molar-refractivity contribution in [3.05, 3.63) is 59.9 Å². The van der Waals surface area contributed by atoms with Crippen molar-refractivity contribution in [2.75, 3.05) is 11.9 Å². The van der Waals surface area contributed by atoms with Crippen LogP contribution in [0.25, 0.3) is 0 Å². The van der Waals surface area contributed by atoms with Gasteiger partial charge < -0.3 is 10.1 Å². The monoisotopic (exact) mass is 360 g/mol. The molecule has 0 saturated carbocycles. The van der Waals surface area contributed by atoms with Crippen LogP contribution in [0.1, 0.15) is 30.6 Å². The largest absolute Gasteiger partial charge is 0.493 e. The predicted molar refractivity (Wildman–Crippen MR) is 101 cm³/mol. The highest BCUT2D eigenvalue weighted by Crippen LogP contribution is 2.19. The van der Waals surface area contributed by atoms with Crippen LogP contribution in [0.5, 0.6) is 5.75 Å². The Kier molecular flexibility index (Phi) is 6.89. The van der Waals surface area contributed by atoms with Gasteiger partial charge in [-0.2, -0.15) is 0 Å². The summed E-state index contributed by atoms with van der Waals surface area (Å²) < 4.78 is 18.9. The summed E-state index contributed by atoms with van der Waals surface area (Å²) in [5.74, 6) is 0.260. The number of amides is 1. The standard InChI is InChI=1S/C19H21FN2O2S/c1-13(2)10-11-24-17-9-4-3-8-16(17)18(23)22-19(25)21-15-7-5-6-14(20)12-15/h3-9,12-13H,10-11H2,1-2H3,(H2,21,22,23,25). The Morgan fingerprint density at radius 3 is 2.68 bits per heavy atom. The Labute approximate surface area is 152 Å². The first kappa shape index (κ1) is 18.9. The number of carbonyl (C=O) groups excluding carboxylic acids is 1. The number of hydrogen-bond donors (Lipinski definition) is 2. The third-order valence-corrected chi connectivity index (χ3v) is 3.60. The van der Waals surface area contributed by atoms with Gasteiger partial charge in [-0.3, -0.25) is 10.1 Å². The van der Waals surface area contributed by atoms with E-state index in [-0.39, 0.29) is 16.8 Å². The second-order valence-electron chi connectivity index (χ2n) is 5.95. The van der Waals surface area contributed by atoms with E-state index in [1.807, 2.05) is 6.07 Å². The fourth-order valence-corrected chi connectivity index (χ4v) is 2.29. The van der Waals surface area contributed by atoms with Crippen LogP contribution in [0.15, 0.2) is 48.5 Å². The second-order valence-corrected chi connectivity index (χ2v) is 6.35. The molecule has 1 amide bonds. The minimum Gasteiger partial charge on any atom is -0.493 e. The van der Waals surface area contributed by atoms with Crippen molar-refractivity contribution in [3.8, 4) is 5.75 Å². The molecule has 0 aliphatic carbocycles. The molecule has 2 rings (SSSR count). The van der Waals surface area contributed by atoms with E-state index in [1.165, 1.54) is 12.1 Å². The molecular weight excluding hydrogens is 339 g/mol. The molecule has 0 saturated heterocycles. The first-order valence-corrected chi connectivity index (χ1v) is 8.46. The Bertz CT molecular complexity index is 750. The molecule has 0 aromatic heterocycles. The lowest BCUT2D eigenvalue weighted by Crippen LogP contribution is -2.34. The van der Waals surface area contributed by atoms with Gasteiger partial charge >= 0.3 is 0 Å². The highest BCUT2D eigenvalue weighted by Gasteiger charge is 2.14. The number of ether oxygens (including phenoxy) is 1. The van der Waals surface area contributed by atoms with Gasteiger partial charge in [0.05, 0.1) is 12.2 Å². The molecular formula is C19H21FN2O2S. The van der Waals surface area contributed by atoms with E-state index < -0.39 is 0 Å². The minimum atomic E-state index is -0.386. The SMILES string of the molecule is CC(C)CCOc1ccccc1C(=O)NC(=S)Nc1cccc(F)c1. The molecule has 0 bridgehead atoms. The van der Waals surface area contributed by atoms with Gasteiger partial charge in [-0.05, 0) is 54.9 Å². The number of para-hydroxylation sites is 1. The van der Waals surface area contributed by atoms with E-state index >= 15 is 0 Å². The molecule has 0 heterocycles. The Morgan fingerprint density at radius 1 is 1.20 bits per heavy atom. The van der Waals surface area contributed by atoms with Gasteiger partial charge in [0.25, 0.3) is 5.91 Å². The second kappa shape index (κ2) is 9.13. The summed E-state index contributed by atoms with van der Waals surface area (Å²) in [7, 11) is 0. The summed E-state index contributed by atoms with van der Waals surface area (Å²) in [6, 6.07) is 12.8. The lowest BCUT2D eigenvalue weighted by molar-refractivity contribution is 0.0973. The lowest BCUT2D eigenvalue weighted by atomic mass is 10.1. The quantitative estimate of drug-likeness (QED) is 0.751. The van der Waals surface area contributed by atoms with E-state index in [9.17, 15) is 9.18 Å². The molecule has 2 aromatic carbocycles. The first-order chi connectivity index (χ1) is 12.0. The fourth-order valence-electron chi connectivity index (χ4n) is 2.08. The summed E-state index contributed by atoms with van der Waals surface area (Å²) in [6.45, 7) is 4.75. The maximum absolute atomic E-state index is 13.2. The van der Waals surface area contributed by atoms with Crippen LogP contribution >= 0.6 is 12.2 Å². The number of nitrogens with one attached hydrogen (secondary N) is 2. The van der Waals surface area contributed by atoms with E-state index in [0.717, 1.165) is 6.42 Å². The zero-order chi connectivity index (χ0) is 18.2. The fraction of sp³-hybridized carbons (Fsp3) is 0.263. The van der Waals surface area contributed by atoms with Crippen molar-refractivity contribution in [1.82, 2.24) is 5.32 Å². The number of carbonyl (C=O) groups is 1. The molecule has 2 aromatic rings. The minimum absolute atomic E-state index is 0.0904. The zero-order valence-corrected chi connectivity index (χ0v) is 15.0. The Balaban J connectivity index is 1.99. The molecule has 25 heavy (non-hydrogen) atoms. The molecule has 0 atom stereocenters. The highest BCUT2D eigenvalue weighted by atomic mass is 32.1. The van der Waals surface area contributed by atoms with Gasteiger partial charge in [-0.25, -0.2) is 4.39 Å². The van der Waals surface area contributed by atoms with E-state index in [2.05, 4.69) is 24.5 Å². The normalized spacial score (nSPS) is 10.4. The molecule has 0 radical (unpaired) electrons. The van der Waals surface area contributed by atoms with Crippen LogP contribution in [-0.2, 0) is 0 Å². The van der Waals surface area contributed by atoms with Gasteiger partial charge in [0.2, 0.25) is 0 Å². The third-order valence-electron chi connectivity index (χ3n) is 3.39. The number of thiocarbonyl (C=S) groups is 1. The van der Waals surface area contributed by atoms with Gasteiger partial charge in [0.15, 0.2) is 5.11 Å². The molecule has 6 heteroatoms. The number of rotatable bonds is 6. The van der Waals surface area contributed by atoms with Crippen LogP contribution < -0.4 is 15.4 Å². The van der Waals surface area contributed by atoms with Crippen molar-refractivity contribution in [3.63, 3.8) is 0 Å². The number of anilines is 1. The lowest BCUT2D eigenvalue weighted by Gasteiger charge is -2.13. The van der Waals surface area contributed by atoms with Crippen molar-refractivity contribution < 1.29 is 13.9 Å². The Morgan fingerprint density at radius 2 is 1.96 bits per heavy atom. The molecule has 2 N–H and O–H groups in total. The van der Waals surface area contributed by atoms with Crippen molar-refractivity contribution in [2.24, 2.45) is 5.92 Å². The smallest absolute Gasteiger partial charge is 0.261 e. The molecule has 132 valence electrons. The molecule has 0 aliphatic rings. The molecule has 0 unspecified atom stereocenters. The summed E-state index contributed by atoms with van der Waals surface area (Å²) in [5, 5.41) is 5.45. The maximum atomic E-state index is 13.2. The topological polar surface area (TPSA) is 50.4 Å². The summed E-state index contributed by atoms with van der Waals surface area (Å²) >= 11 is 5.11. The van der Waals surface area contributed by atoms with E-state index in [4.69, 9.17) is 17.0 Å². The average Bonchev–Trinajstić information content (AvgIpc) is 2.54. The van der Waals surface area contributed by atoms with Crippen molar-refractivity contribution in [1.29, 1.82) is 0 Å². The predicted octanol–water partition coefficient (Wildman–Crippen LogP) is 4.38. The van der Waals surface area contributed by atoms with Crippen molar-refractivity contribution >= 4 is 28.9 Å². The molecule has 4 nitrogen and oxygen atoms in total. The molecule has 0 spiro atoms. The van der Waals surface area contributed by atoms with Crippen LogP contribution in [-0.4, -0.2) is 17.6 Å². The van der Waals surface area contributed by atoms with Crippen LogP contribution in [0, 0.1) is 11.7 Å². The number of hydrogen-bond acceptors (Lipinski definition) is 3. The summed E-state index contributed by atoms with van der Waals surface area (Å²) in [5.41, 5.74) is 0.862. The third kappa shape index (κ3) is 6.15. The average molecular weight is 360 g/mol. The molecule has 0 aliphatic heterocycles. The zero-order valence-electron chi connectivity index (χ0n) is 14.2. The van der Waals surface area contributed by atoms with Crippen LogP contribution in [0.3, 0.4) is 0 Å². The van der Waals surface area contributed by atoms with Crippen LogP contribution in [0.2, 0.25) is 0 Å². The van der Waals surface area contributed by atoms with Gasteiger partial charge in [0.1, 0.15) is 11.6 Å². The van der Waals surface area contributed by atoms with Gasteiger partial charge in [-0.1, -0.05) is 32.0 Å². The van der Waals surface area contributed by atoms with E-state index in [1.54, 1.807) is 30.3 Å². The molecule has 0 fully saturated rings. The summed E-state index contributed by atoms with van der Waals surface area (Å²) in [6.07, 6.45) is 0.898. The van der Waals surface area contributed by atoms with Crippen molar-refractivity contribution in [2.45, 2.75) is 20.3 Å². The highest BCUT2D eigenvalue weighted by molar-refractivity contribution is 7.80. The van der Waals surface area contributed by atoms with Gasteiger partial charge in [-0.15, -0.1) is 0 Å². The maximum Gasteiger partial charge on any atom is 0.261 e. The van der Waals surface area contributed by atoms with E-state index in [0.29, 0.717) is 29.5 Å². The van der Waals surface area contributed by atoms with Gasteiger partial charge in [0, 0.05) is 5.69 Å². The summed E-state index contributed by atoms with van der Waals surface area (Å²) in [4.78, 5) is 12.4.